The number of hydrazone groups is 1. The number of esters is 1. The van der Waals surface area contributed by atoms with Crippen LogP contribution in [0.1, 0.15) is 28.4 Å². The summed E-state index contributed by atoms with van der Waals surface area (Å²) in [6, 6.07) is 17.5. The molecule has 0 aliphatic rings. The highest BCUT2D eigenvalue weighted by atomic mass is 79.9. The highest BCUT2D eigenvalue weighted by Gasteiger charge is 2.17. The van der Waals surface area contributed by atoms with Crippen molar-refractivity contribution in [3.8, 4) is 23.0 Å². The third-order valence-corrected chi connectivity index (χ3v) is 5.23. The topological polar surface area (TPSA) is 95.5 Å². The number of carbonyl (C=O) groups is 2. The van der Waals surface area contributed by atoms with Crippen LogP contribution in [-0.2, 0) is 4.79 Å². The van der Waals surface area contributed by atoms with Crippen molar-refractivity contribution in [2.75, 3.05) is 20.3 Å². The summed E-state index contributed by atoms with van der Waals surface area (Å²) in [5.74, 6) is 0.638. The molecular weight excluding hydrogens is 516 g/mol. The molecule has 1 N–H and O–H groups in total. The molecule has 0 unspecified atom stereocenters. The van der Waals surface area contributed by atoms with Gasteiger partial charge in [0, 0.05) is 0 Å². The molecule has 0 radical (unpaired) electrons. The first kappa shape index (κ1) is 25.8. The Balaban J connectivity index is 1.61. The van der Waals surface area contributed by atoms with Gasteiger partial charge in [0.15, 0.2) is 29.6 Å². The van der Waals surface area contributed by atoms with Gasteiger partial charge in [-0.05, 0) is 71.7 Å². The number of hydrogen-bond acceptors (Lipinski definition) is 7. The van der Waals surface area contributed by atoms with Crippen LogP contribution in [0.15, 0.2) is 70.2 Å². The summed E-state index contributed by atoms with van der Waals surface area (Å²) >= 11 is 3.40. The van der Waals surface area contributed by atoms with Crippen molar-refractivity contribution in [2.45, 2.75) is 13.8 Å². The number of ether oxygens (including phenoxy) is 4. The number of amides is 1. The van der Waals surface area contributed by atoms with Crippen LogP contribution in [0, 0.1) is 6.92 Å². The average Bonchev–Trinajstić information content (AvgIpc) is 2.85. The molecule has 0 heterocycles. The van der Waals surface area contributed by atoms with E-state index in [9.17, 15) is 9.59 Å². The fourth-order valence-corrected chi connectivity index (χ4v) is 3.49. The second-order valence-corrected chi connectivity index (χ2v) is 8.11. The van der Waals surface area contributed by atoms with Gasteiger partial charge in [-0.1, -0.05) is 29.8 Å². The van der Waals surface area contributed by atoms with Crippen molar-refractivity contribution in [3.63, 3.8) is 0 Å². The highest BCUT2D eigenvalue weighted by Crippen LogP contribution is 2.37. The lowest BCUT2D eigenvalue weighted by molar-refractivity contribution is -0.123. The minimum atomic E-state index is -0.511. The Kier molecular flexibility index (Phi) is 9.25. The first-order valence-corrected chi connectivity index (χ1v) is 11.5. The quantitative estimate of drug-likeness (QED) is 0.170. The zero-order valence-corrected chi connectivity index (χ0v) is 21.1. The van der Waals surface area contributed by atoms with Crippen LogP contribution >= 0.6 is 15.9 Å². The number of nitrogens with one attached hydrogen (secondary N) is 1. The van der Waals surface area contributed by atoms with Gasteiger partial charge >= 0.3 is 5.97 Å². The first-order valence-electron chi connectivity index (χ1n) is 10.7. The lowest BCUT2D eigenvalue weighted by Gasteiger charge is -2.12. The molecule has 0 aromatic heterocycles. The second kappa shape index (κ2) is 12.6. The smallest absolute Gasteiger partial charge is 0.343 e. The maximum Gasteiger partial charge on any atom is 0.343 e. The zero-order valence-electron chi connectivity index (χ0n) is 19.5. The molecule has 3 aromatic carbocycles. The molecule has 0 atom stereocenters. The SMILES string of the molecule is CCOc1ccccc1OCC(=O)N/N=C/c1cc(Br)c(OC(=O)c2ccc(C)cc2)c(OC)c1. The highest BCUT2D eigenvalue weighted by molar-refractivity contribution is 9.10. The fraction of sp³-hybridized carbons (Fsp3) is 0.192. The lowest BCUT2D eigenvalue weighted by Crippen LogP contribution is -2.24. The van der Waals surface area contributed by atoms with Gasteiger partial charge in [-0.15, -0.1) is 0 Å². The molecule has 0 fully saturated rings. The predicted octanol–water partition coefficient (Wildman–Crippen LogP) is 4.91. The Morgan fingerprint density at radius 2 is 1.69 bits per heavy atom. The van der Waals surface area contributed by atoms with Crippen molar-refractivity contribution >= 4 is 34.0 Å². The van der Waals surface area contributed by atoms with E-state index in [4.69, 9.17) is 18.9 Å². The third kappa shape index (κ3) is 7.31. The van der Waals surface area contributed by atoms with E-state index < -0.39 is 11.9 Å². The summed E-state index contributed by atoms with van der Waals surface area (Å²) < 4.78 is 22.4. The minimum Gasteiger partial charge on any atom is -0.493 e. The molecule has 0 spiro atoms. The van der Waals surface area contributed by atoms with Gasteiger partial charge in [0.2, 0.25) is 0 Å². The van der Waals surface area contributed by atoms with E-state index in [-0.39, 0.29) is 12.4 Å². The normalized spacial score (nSPS) is 10.6. The molecule has 3 aromatic rings. The molecule has 8 nitrogen and oxygen atoms in total. The summed E-state index contributed by atoms with van der Waals surface area (Å²) in [7, 11) is 1.46. The van der Waals surface area contributed by atoms with E-state index in [1.54, 1.807) is 42.5 Å². The monoisotopic (exact) mass is 540 g/mol. The molecule has 35 heavy (non-hydrogen) atoms. The third-order valence-electron chi connectivity index (χ3n) is 4.64. The summed E-state index contributed by atoms with van der Waals surface area (Å²) in [5.41, 5.74) is 4.47. The molecule has 182 valence electrons. The number of benzene rings is 3. The van der Waals surface area contributed by atoms with Crippen LogP contribution in [0.3, 0.4) is 0 Å². The van der Waals surface area contributed by atoms with E-state index in [2.05, 4.69) is 26.5 Å². The minimum absolute atomic E-state index is 0.234. The van der Waals surface area contributed by atoms with Crippen LogP contribution < -0.4 is 24.4 Å². The number of halogens is 1. The predicted molar refractivity (Wildman–Crippen MR) is 136 cm³/mol. The molecule has 0 aliphatic carbocycles. The van der Waals surface area contributed by atoms with E-state index >= 15 is 0 Å². The Morgan fingerprint density at radius 1 is 1.00 bits per heavy atom. The van der Waals surface area contributed by atoms with E-state index in [1.165, 1.54) is 13.3 Å². The summed E-state index contributed by atoms with van der Waals surface area (Å²) in [6.45, 7) is 4.06. The molecule has 9 heteroatoms. The standard InChI is InChI=1S/C26H25BrN2O6/c1-4-33-21-7-5-6-8-22(21)34-16-24(30)29-28-15-18-13-20(27)25(23(14-18)32-3)35-26(31)19-11-9-17(2)10-12-19/h5-15H,4,16H2,1-3H3,(H,29,30)/b28-15+. The number of nitrogens with zero attached hydrogens (tertiary/aromatic N) is 1. The maximum atomic E-state index is 12.5. The van der Waals surface area contributed by atoms with Gasteiger partial charge < -0.3 is 18.9 Å². The van der Waals surface area contributed by atoms with Crippen molar-refractivity contribution in [2.24, 2.45) is 5.10 Å². The van der Waals surface area contributed by atoms with Gasteiger partial charge in [-0.25, -0.2) is 10.2 Å². The van der Waals surface area contributed by atoms with Gasteiger partial charge in [0.1, 0.15) is 0 Å². The Labute approximate surface area is 212 Å². The zero-order chi connectivity index (χ0) is 25.2. The molecule has 1 amide bonds. The van der Waals surface area contributed by atoms with Crippen LogP contribution in [0.25, 0.3) is 0 Å². The maximum absolute atomic E-state index is 12.5. The van der Waals surface area contributed by atoms with Crippen molar-refractivity contribution in [1.82, 2.24) is 5.43 Å². The van der Waals surface area contributed by atoms with Crippen LogP contribution in [0.4, 0.5) is 0 Å². The number of rotatable bonds is 10. The van der Waals surface area contributed by atoms with Crippen molar-refractivity contribution in [3.05, 3.63) is 81.8 Å². The van der Waals surface area contributed by atoms with Gasteiger partial charge in [0.05, 0.1) is 30.0 Å². The lowest BCUT2D eigenvalue weighted by atomic mass is 10.1. The Morgan fingerprint density at radius 3 is 2.34 bits per heavy atom. The largest absolute Gasteiger partial charge is 0.493 e. The molecule has 0 saturated carbocycles. The Hall–Kier alpha value is -3.85. The average molecular weight is 541 g/mol. The summed E-state index contributed by atoms with van der Waals surface area (Å²) in [5, 5.41) is 3.96. The molecule has 0 aliphatic heterocycles. The van der Waals surface area contributed by atoms with E-state index in [1.807, 2.05) is 32.0 Å². The van der Waals surface area contributed by atoms with Crippen LogP contribution in [0.2, 0.25) is 0 Å². The Bertz CT molecular complexity index is 1210. The number of hydrogen-bond donors (Lipinski definition) is 1. The number of carbonyl (C=O) groups excluding carboxylic acids is 2. The summed E-state index contributed by atoms with van der Waals surface area (Å²) in [6.07, 6.45) is 1.44. The van der Waals surface area contributed by atoms with Gasteiger partial charge in [0.25, 0.3) is 5.91 Å². The number of para-hydroxylation sites is 2. The van der Waals surface area contributed by atoms with Crippen LogP contribution in [-0.4, -0.2) is 38.4 Å². The second-order valence-electron chi connectivity index (χ2n) is 7.25. The molecule has 0 saturated heterocycles. The molecular formula is C26H25BrN2O6. The number of methoxy groups -OCH3 is 1. The fourth-order valence-electron chi connectivity index (χ4n) is 2.95. The molecule has 0 bridgehead atoms. The molecule has 3 rings (SSSR count). The summed E-state index contributed by atoms with van der Waals surface area (Å²) in [4.78, 5) is 24.6. The van der Waals surface area contributed by atoms with Crippen molar-refractivity contribution in [1.29, 1.82) is 0 Å². The van der Waals surface area contributed by atoms with Gasteiger partial charge in [-0.2, -0.15) is 5.10 Å². The first-order chi connectivity index (χ1) is 16.9. The van der Waals surface area contributed by atoms with E-state index in [0.717, 1.165) is 5.56 Å². The van der Waals surface area contributed by atoms with Gasteiger partial charge in [-0.3, -0.25) is 4.79 Å². The number of aryl methyl sites for hydroxylation is 1. The van der Waals surface area contributed by atoms with Crippen LogP contribution in [0.5, 0.6) is 23.0 Å². The van der Waals surface area contributed by atoms with E-state index in [0.29, 0.717) is 39.5 Å². The van der Waals surface area contributed by atoms with Crippen molar-refractivity contribution < 1.29 is 28.5 Å².